The lowest BCUT2D eigenvalue weighted by atomic mass is 10.1. The van der Waals surface area contributed by atoms with E-state index in [1.165, 1.54) is 5.56 Å². The van der Waals surface area contributed by atoms with E-state index in [0.29, 0.717) is 13.1 Å². The molecule has 0 aliphatic carbocycles. The van der Waals surface area contributed by atoms with Crippen molar-refractivity contribution in [3.05, 3.63) is 102 Å². The number of hydrogen-bond donors (Lipinski definition) is 2. The van der Waals surface area contributed by atoms with Crippen LogP contribution >= 0.6 is 11.8 Å². The summed E-state index contributed by atoms with van der Waals surface area (Å²) < 4.78 is 2.23. The van der Waals surface area contributed by atoms with E-state index in [0.717, 1.165) is 39.8 Å². The number of hydrogen-bond acceptors (Lipinski definition) is 4. The summed E-state index contributed by atoms with van der Waals surface area (Å²) in [4.78, 5) is 15.3. The van der Waals surface area contributed by atoms with Crippen LogP contribution in [0.1, 0.15) is 17.5 Å². The van der Waals surface area contributed by atoms with Gasteiger partial charge in [-0.1, -0.05) is 84.6 Å². The number of carbonyl (C=O) groups is 1. The molecule has 0 aliphatic heterocycles. The molecule has 4 rings (SSSR count). The van der Waals surface area contributed by atoms with Crippen LogP contribution in [-0.2, 0) is 17.8 Å². The minimum atomic E-state index is -0.779. The molecule has 33 heavy (non-hydrogen) atoms. The molecule has 0 radical (unpaired) electrons. The number of imidazole rings is 1. The maximum absolute atomic E-state index is 10.6. The van der Waals surface area contributed by atoms with Crippen LogP contribution in [0.3, 0.4) is 0 Å². The summed E-state index contributed by atoms with van der Waals surface area (Å²) in [6.45, 7) is 1.16. The molecule has 2 N–H and O–H groups in total. The lowest BCUT2D eigenvalue weighted by Gasteiger charge is -2.12. The van der Waals surface area contributed by atoms with E-state index in [4.69, 9.17) is 10.1 Å². The number of nitrogens with one attached hydrogen (secondary N) is 1. The molecule has 0 spiro atoms. The average molecular weight is 458 g/mol. The molecular formula is C27H27N3O2S. The molecule has 0 fully saturated rings. The Morgan fingerprint density at radius 3 is 2.27 bits per heavy atom. The Hall–Kier alpha value is -3.35. The summed E-state index contributed by atoms with van der Waals surface area (Å²) in [6.07, 6.45) is 3.04. The van der Waals surface area contributed by atoms with Crippen molar-refractivity contribution in [2.45, 2.75) is 24.5 Å². The van der Waals surface area contributed by atoms with Crippen LogP contribution in [-0.4, -0.2) is 32.9 Å². The lowest BCUT2D eigenvalue weighted by molar-refractivity contribution is -0.136. The number of benzene rings is 3. The molecule has 6 heteroatoms. The van der Waals surface area contributed by atoms with Crippen molar-refractivity contribution in [2.24, 2.45) is 0 Å². The van der Waals surface area contributed by atoms with Gasteiger partial charge in [0, 0.05) is 30.1 Å². The number of para-hydroxylation sites is 1. The zero-order chi connectivity index (χ0) is 22.9. The maximum Gasteiger partial charge on any atom is 0.304 e. The van der Waals surface area contributed by atoms with Crippen LogP contribution in [0.2, 0.25) is 0 Å². The van der Waals surface area contributed by atoms with E-state index >= 15 is 0 Å². The average Bonchev–Trinajstić information content (AvgIpc) is 3.27. The fourth-order valence-corrected chi connectivity index (χ4v) is 4.57. The largest absolute Gasteiger partial charge is 0.481 e. The Kier molecular flexibility index (Phi) is 7.95. The van der Waals surface area contributed by atoms with Gasteiger partial charge in [-0.15, -0.1) is 0 Å². The number of nitrogens with zero attached hydrogens (tertiary/aromatic N) is 2. The predicted octanol–water partition coefficient (Wildman–Crippen LogP) is 5.44. The molecule has 5 nitrogen and oxygen atoms in total. The topological polar surface area (TPSA) is 67.2 Å². The zero-order valence-corrected chi connectivity index (χ0v) is 19.2. The second-order valence-corrected chi connectivity index (χ2v) is 8.76. The van der Waals surface area contributed by atoms with Crippen molar-refractivity contribution >= 4 is 17.7 Å². The number of rotatable bonds is 11. The summed E-state index contributed by atoms with van der Waals surface area (Å²) in [6, 6.07) is 29.2. The van der Waals surface area contributed by atoms with Crippen LogP contribution in [0.4, 0.5) is 0 Å². The Morgan fingerprint density at radius 1 is 0.909 bits per heavy atom. The smallest absolute Gasteiger partial charge is 0.304 e. The molecule has 0 saturated heterocycles. The van der Waals surface area contributed by atoms with Crippen molar-refractivity contribution in [3.8, 4) is 16.9 Å². The van der Waals surface area contributed by atoms with Gasteiger partial charge in [-0.25, -0.2) is 4.98 Å². The van der Waals surface area contributed by atoms with E-state index in [1.807, 2.05) is 18.3 Å². The van der Waals surface area contributed by atoms with Gasteiger partial charge in [-0.05, 0) is 29.7 Å². The van der Waals surface area contributed by atoms with Crippen molar-refractivity contribution in [3.63, 3.8) is 0 Å². The Labute approximate surface area is 198 Å². The fraction of sp³-hybridized carbons (Fsp3) is 0.185. The van der Waals surface area contributed by atoms with E-state index < -0.39 is 5.97 Å². The van der Waals surface area contributed by atoms with Gasteiger partial charge in [0.05, 0.1) is 18.3 Å². The first-order valence-corrected chi connectivity index (χ1v) is 12.0. The summed E-state index contributed by atoms with van der Waals surface area (Å²) in [5, 5.41) is 12.8. The van der Waals surface area contributed by atoms with Crippen molar-refractivity contribution in [1.82, 2.24) is 14.9 Å². The van der Waals surface area contributed by atoms with Crippen LogP contribution in [0.5, 0.6) is 0 Å². The monoisotopic (exact) mass is 457 g/mol. The molecule has 0 aliphatic rings. The third-order valence-corrected chi connectivity index (χ3v) is 6.26. The quantitative estimate of drug-likeness (QED) is 0.232. The zero-order valence-electron chi connectivity index (χ0n) is 18.4. The van der Waals surface area contributed by atoms with Gasteiger partial charge < -0.3 is 10.4 Å². The number of aryl methyl sites for hydroxylation is 1. The van der Waals surface area contributed by atoms with Gasteiger partial charge in [0.15, 0.2) is 5.16 Å². The van der Waals surface area contributed by atoms with Gasteiger partial charge in [0.1, 0.15) is 0 Å². The number of carboxylic acids is 1. The summed E-state index contributed by atoms with van der Waals surface area (Å²) in [5.41, 5.74) is 5.77. The van der Waals surface area contributed by atoms with Gasteiger partial charge in [0.25, 0.3) is 0 Å². The Balaban J connectivity index is 1.40. The Morgan fingerprint density at radius 2 is 1.58 bits per heavy atom. The minimum Gasteiger partial charge on any atom is -0.481 e. The van der Waals surface area contributed by atoms with Crippen molar-refractivity contribution in [1.29, 1.82) is 0 Å². The molecule has 4 aromatic rings. The highest BCUT2D eigenvalue weighted by molar-refractivity contribution is 7.99. The molecule has 0 unspecified atom stereocenters. The molecule has 0 bridgehead atoms. The second kappa shape index (κ2) is 11.5. The third kappa shape index (κ3) is 6.34. The first-order valence-electron chi connectivity index (χ1n) is 11.0. The molecule has 168 valence electrons. The van der Waals surface area contributed by atoms with Crippen LogP contribution in [0.15, 0.2) is 96.3 Å². The first-order chi connectivity index (χ1) is 16.2. The van der Waals surface area contributed by atoms with Gasteiger partial charge in [-0.3, -0.25) is 9.36 Å². The first kappa shape index (κ1) is 22.8. The van der Waals surface area contributed by atoms with Gasteiger partial charge >= 0.3 is 5.97 Å². The summed E-state index contributed by atoms with van der Waals surface area (Å²) in [5.74, 6) is 0.146. The molecule has 0 amide bonds. The van der Waals surface area contributed by atoms with Crippen LogP contribution < -0.4 is 5.32 Å². The molecule has 0 atom stereocenters. The summed E-state index contributed by atoms with van der Waals surface area (Å²) >= 11 is 1.76. The number of aliphatic carboxylic acids is 1. The van der Waals surface area contributed by atoms with Crippen LogP contribution in [0.25, 0.3) is 16.9 Å². The lowest BCUT2D eigenvalue weighted by Crippen LogP contribution is -2.17. The molecule has 1 heterocycles. The van der Waals surface area contributed by atoms with E-state index in [2.05, 4.69) is 82.7 Å². The van der Waals surface area contributed by atoms with E-state index in [1.54, 1.807) is 11.8 Å². The summed E-state index contributed by atoms with van der Waals surface area (Å²) in [7, 11) is 0. The van der Waals surface area contributed by atoms with E-state index in [9.17, 15) is 4.79 Å². The SMILES string of the molecule is O=C(O)CCNCc1ccc(CCSc2ncc(-c3ccccc3)n2-c2ccccc2)cc1. The second-order valence-electron chi connectivity index (χ2n) is 7.70. The van der Waals surface area contributed by atoms with Crippen LogP contribution in [0, 0.1) is 0 Å². The van der Waals surface area contributed by atoms with Crippen molar-refractivity contribution < 1.29 is 9.90 Å². The number of thioether (sulfide) groups is 1. The third-order valence-electron chi connectivity index (χ3n) is 5.30. The fourth-order valence-electron chi connectivity index (χ4n) is 3.59. The normalized spacial score (nSPS) is 10.9. The number of carboxylic acid groups (broad SMARTS) is 1. The maximum atomic E-state index is 10.6. The molecule has 3 aromatic carbocycles. The molecule has 0 saturated carbocycles. The predicted molar refractivity (Wildman–Crippen MR) is 134 cm³/mol. The van der Waals surface area contributed by atoms with Gasteiger partial charge in [0.2, 0.25) is 0 Å². The highest BCUT2D eigenvalue weighted by atomic mass is 32.2. The highest BCUT2D eigenvalue weighted by Crippen LogP contribution is 2.30. The van der Waals surface area contributed by atoms with E-state index in [-0.39, 0.29) is 6.42 Å². The Bertz CT molecular complexity index is 1160. The standard InChI is InChI=1S/C27H27N3O2S/c31-26(32)15-17-28-19-22-13-11-21(12-14-22)16-18-33-27-29-20-25(23-7-3-1-4-8-23)30(27)24-9-5-2-6-10-24/h1-14,20,28H,15-19H2,(H,31,32). The molecule has 1 aromatic heterocycles. The molecular weight excluding hydrogens is 430 g/mol. The minimum absolute atomic E-state index is 0.139. The van der Waals surface area contributed by atoms with Gasteiger partial charge in [-0.2, -0.15) is 0 Å². The van der Waals surface area contributed by atoms with Crippen molar-refractivity contribution in [2.75, 3.05) is 12.3 Å². The number of aromatic nitrogens is 2. The highest BCUT2D eigenvalue weighted by Gasteiger charge is 2.14.